The molecule has 5 aliphatic rings. The zero-order valence-corrected chi connectivity index (χ0v) is 25.0. The van der Waals surface area contributed by atoms with Gasteiger partial charge in [-0.2, -0.15) is 0 Å². The van der Waals surface area contributed by atoms with Crippen LogP contribution in [0.5, 0.6) is 0 Å². The molecule has 10 nitrogen and oxygen atoms in total. The van der Waals surface area contributed by atoms with Gasteiger partial charge in [0.15, 0.2) is 0 Å². The van der Waals surface area contributed by atoms with E-state index >= 15 is 0 Å². The van der Waals surface area contributed by atoms with E-state index in [9.17, 15) is 19.5 Å². The van der Waals surface area contributed by atoms with Crippen LogP contribution in [0.4, 0.5) is 0 Å². The van der Waals surface area contributed by atoms with Crippen molar-refractivity contribution in [2.75, 3.05) is 19.8 Å². The third-order valence-corrected chi connectivity index (χ3v) is 9.94. The number of esters is 3. The van der Waals surface area contributed by atoms with Crippen LogP contribution >= 0.6 is 0 Å². The molecule has 1 N–H and O–H groups in total. The van der Waals surface area contributed by atoms with Gasteiger partial charge in [0.1, 0.15) is 23.9 Å². The van der Waals surface area contributed by atoms with E-state index in [1.54, 1.807) is 25.2 Å². The van der Waals surface area contributed by atoms with Crippen LogP contribution in [0, 0.1) is 10.8 Å². The van der Waals surface area contributed by atoms with Crippen LogP contribution in [-0.2, 0) is 42.8 Å². The van der Waals surface area contributed by atoms with E-state index in [0.717, 1.165) is 11.1 Å². The van der Waals surface area contributed by atoms with Gasteiger partial charge < -0.3 is 33.5 Å². The largest absolute Gasteiger partial charge is 0.463 e. The number of carbonyl (C=O) groups is 3. The standard InChI is InChI=1S/C32H42O10/c1-19-10-12-37-23(21(3)33)8-6-7-9-28(35)42-25-16-27-32(18-39-32)30(25,5)31(11-13-38-29(36)14-19)17-24(40-22(4)34)20(2)15-26(31)41-27/h6-9,14-15,21,23-27,33H,10-13,16-18H2,1-5H3/b8-6-,9-7-,19-14-/t21-,23-,24+,25-,26-,27-,30-,31+,32+/m1/s1. The number of carbonyl (C=O) groups excluding carboxylic acids is 3. The molecular weight excluding hydrogens is 544 g/mol. The molecule has 2 saturated heterocycles. The number of hydrogen-bond donors (Lipinski definition) is 1. The van der Waals surface area contributed by atoms with E-state index in [1.165, 1.54) is 19.1 Å². The SMILES string of the molecule is CC(=O)O[C@H]1C[C@@]23CCOC(=O)/C=C(/C)CCO[C@@H]([C@@H](C)O)/C=C\C=C/C(=O)O[C@@H]4C[C@@H](O[C@@H]2C=C1C)[C@@]1(CO1)[C@]43C. The quantitative estimate of drug-likeness (QED) is 0.223. The first-order valence-electron chi connectivity index (χ1n) is 14.8. The predicted octanol–water partition coefficient (Wildman–Crippen LogP) is 3.27. The molecule has 0 unspecified atom stereocenters. The zero-order chi connectivity index (χ0) is 30.3. The summed E-state index contributed by atoms with van der Waals surface area (Å²) in [5, 5.41) is 10.1. The lowest BCUT2D eigenvalue weighted by Gasteiger charge is -2.59. The maximum absolute atomic E-state index is 13.1. The summed E-state index contributed by atoms with van der Waals surface area (Å²) in [5.74, 6) is -1.38. The third kappa shape index (κ3) is 5.38. The summed E-state index contributed by atoms with van der Waals surface area (Å²) in [6.07, 6.45) is 8.33. The van der Waals surface area contributed by atoms with Gasteiger partial charge in [0, 0.05) is 36.3 Å². The van der Waals surface area contributed by atoms with Crippen LogP contribution in [0.15, 0.2) is 47.6 Å². The third-order valence-electron chi connectivity index (χ3n) is 9.94. The van der Waals surface area contributed by atoms with Crippen LogP contribution in [-0.4, -0.2) is 85.1 Å². The van der Waals surface area contributed by atoms with Gasteiger partial charge in [-0.3, -0.25) is 4.79 Å². The van der Waals surface area contributed by atoms with Crippen LogP contribution in [0.2, 0.25) is 0 Å². The van der Waals surface area contributed by atoms with Gasteiger partial charge in [-0.1, -0.05) is 36.8 Å². The lowest BCUT2D eigenvalue weighted by atomic mass is 9.49. The van der Waals surface area contributed by atoms with Crippen LogP contribution < -0.4 is 0 Å². The molecule has 2 spiro atoms. The number of cyclic esters (lactones) is 1. The van der Waals surface area contributed by atoms with Crippen LogP contribution in [0.1, 0.15) is 60.3 Å². The van der Waals surface area contributed by atoms with Crippen molar-refractivity contribution in [2.45, 2.75) is 103 Å². The highest BCUT2D eigenvalue weighted by atomic mass is 16.6. The van der Waals surface area contributed by atoms with E-state index < -0.39 is 58.8 Å². The Morgan fingerprint density at radius 3 is 2.60 bits per heavy atom. The average Bonchev–Trinajstić information content (AvgIpc) is 3.68. The number of epoxide rings is 1. The van der Waals surface area contributed by atoms with Crippen molar-refractivity contribution in [3.63, 3.8) is 0 Å². The maximum atomic E-state index is 13.1. The Kier molecular flexibility index (Phi) is 8.55. The van der Waals surface area contributed by atoms with E-state index in [2.05, 4.69) is 6.92 Å². The molecule has 3 heterocycles. The molecule has 9 atom stereocenters. The number of aliphatic hydroxyl groups is 1. The highest BCUT2D eigenvalue weighted by molar-refractivity contribution is 5.83. The summed E-state index contributed by atoms with van der Waals surface area (Å²) in [6, 6.07) is 0. The number of ether oxygens (including phenoxy) is 6. The Morgan fingerprint density at radius 1 is 1.14 bits per heavy atom. The fourth-order valence-corrected chi connectivity index (χ4v) is 7.52. The molecule has 0 aromatic carbocycles. The van der Waals surface area contributed by atoms with Gasteiger partial charge in [0.2, 0.25) is 0 Å². The molecule has 2 bridgehead atoms. The van der Waals surface area contributed by atoms with Crippen molar-refractivity contribution in [2.24, 2.45) is 10.8 Å². The molecule has 10 heteroatoms. The number of aliphatic hydroxyl groups excluding tert-OH is 1. The first kappa shape index (κ1) is 30.7. The molecule has 42 heavy (non-hydrogen) atoms. The smallest absolute Gasteiger partial charge is 0.331 e. The van der Waals surface area contributed by atoms with Crippen LogP contribution in [0.25, 0.3) is 0 Å². The second-order valence-corrected chi connectivity index (χ2v) is 12.4. The first-order valence-corrected chi connectivity index (χ1v) is 14.8. The van der Waals surface area contributed by atoms with Crippen molar-refractivity contribution in [1.29, 1.82) is 0 Å². The summed E-state index contributed by atoms with van der Waals surface area (Å²) in [6.45, 7) is 9.66. The molecule has 5 rings (SSSR count). The van der Waals surface area contributed by atoms with Crippen LogP contribution in [0.3, 0.4) is 0 Å². The lowest BCUT2D eigenvalue weighted by molar-refractivity contribution is -0.230. The van der Waals surface area contributed by atoms with Crippen molar-refractivity contribution in [3.8, 4) is 0 Å². The Morgan fingerprint density at radius 2 is 1.90 bits per heavy atom. The minimum absolute atomic E-state index is 0.0869. The molecule has 0 aromatic rings. The Labute approximate surface area is 246 Å². The fourth-order valence-electron chi connectivity index (χ4n) is 7.52. The summed E-state index contributed by atoms with van der Waals surface area (Å²) in [7, 11) is 0. The van der Waals surface area contributed by atoms with Gasteiger partial charge in [0.05, 0.1) is 38.1 Å². The Balaban J connectivity index is 1.53. The van der Waals surface area contributed by atoms with Crippen molar-refractivity contribution in [3.05, 3.63) is 47.6 Å². The molecule has 230 valence electrons. The average molecular weight is 587 g/mol. The minimum atomic E-state index is -0.773. The topological polar surface area (TPSA) is 130 Å². The van der Waals surface area contributed by atoms with E-state index in [0.29, 0.717) is 32.3 Å². The number of hydrogen-bond acceptors (Lipinski definition) is 10. The van der Waals surface area contributed by atoms with Gasteiger partial charge in [-0.25, -0.2) is 9.59 Å². The zero-order valence-electron chi connectivity index (χ0n) is 25.0. The van der Waals surface area contributed by atoms with E-state index in [-0.39, 0.29) is 25.4 Å². The first-order chi connectivity index (χ1) is 19.9. The maximum Gasteiger partial charge on any atom is 0.331 e. The Hall–Kier alpha value is -2.79. The highest BCUT2D eigenvalue weighted by Crippen LogP contribution is 2.73. The summed E-state index contributed by atoms with van der Waals surface area (Å²) in [4.78, 5) is 38.0. The minimum Gasteiger partial charge on any atom is -0.463 e. The second-order valence-electron chi connectivity index (χ2n) is 12.4. The normalized spacial score (nSPS) is 44.0. The van der Waals surface area contributed by atoms with Gasteiger partial charge in [-0.05, 0) is 45.6 Å². The molecular formula is C32H42O10. The Bertz CT molecular complexity index is 1210. The summed E-state index contributed by atoms with van der Waals surface area (Å²) >= 11 is 0. The molecule has 3 aliphatic heterocycles. The molecule has 1 saturated carbocycles. The molecule has 0 radical (unpaired) electrons. The predicted molar refractivity (Wildman–Crippen MR) is 150 cm³/mol. The number of allylic oxidation sites excluding steroid dienone is 2. The van der Waals surface area contributed by atoms with Crippen molar-refractivity contribution < 1.29 is 47.9 Å². The summed E-state index contributed by atoms with van der Waals surface area (Å²) in [5.41, 5.74) is -0.452. The van der Waals surface area contributed by atoms with Gasteiger partial charge in [-0.15, -0.1) is 0 Å². The summed E-state index contributed by atoms with van der Waals surface area (Å²) < 4.78 is 36.3. The molecule has 0 amide bonds. The molecule has 0 aromatic heterocycles. The van der Waals surface area contributed by atoms with Crippen molar-refractivity contribution in [1.82, 2.24) is 0 Å². The monoisotopic (exact) mass is 586 g/mol. The highest BCUT2D eigenvalue weighted by Gasteiger charge is 2.83. The van der Waals surface area contributed by atoms with E-state index in [4.69, 9.17) is 28.4 Å². The molecule has 2 aliphatic carbocycles. The van der Waals surface area contributed by atoms with Gasteiger partial charge >= 0.3 is 17.9 Å². The van der Waals surface area contributed by atoms with Crippen molar-refractivity contribution >= 4 is 17.9 Å². The van der Waals surface area contributed by atoms with E-state index in [1.807, 2.05) is 19.9 Å². The number of rotatable bonds is 2. The second kappa shape index (κ2) is 11.7. The fraction of sp³-hybridized carbons (Fsp3) is 0.656. The van der Waals surface area contributed by atoms with Gasteiger partial charge in [0.25, 0.3) is 0 Å². The molecule has 3 fully saturated rings. The lowest BCUT2D eigenvalue weighted by Crippen LogP contribution is -2.66.